The van der Waals surface area contributed by atoms with Gasteiger partial charge in [-0.3, -0.25) is 4.79 Å². The number of anilines is 1. The first-order valence-corrected chi connectivity index (χ1v) is 5.94. The molecule has 0 aliphatic rings. The summed E-state index contributed by atoms with van der Waals surface area (Å²) in [5, 5.41) is 16.2. The van der Waals surface area contributed by atoms with E-state index in [2.05, 4.69) is 24.3 Å². The van der Waals surface area contributed by atoms with Crippen LogP contribution in [0.3, 0.4) is 0 Å². The van der Waals surface area contributed by atoms with Crippen LogP contribution >= 0.6 is 0 Å². The molecule has 1 rings (SSSR count). The molecule has 0 radical (unpaired) electrons. The summed E-state index contributed by atoms with van der Waals surface area (Å²) in [5.41, 5.74) is 0.607. The first-order chi connectivity index (χ1) is 8.02. The molecule has 1 atom stereocenters. The number of aromatic nitrogens is 2. The minimum absolute atomic E-state index is 0.0367. The molecule has 0 saturated heterocycles. The topological polar surface area (TPSA) is 67.2 Å². The number of hydrogen-bond acceptors (Lipinski definition) is 4. The Morgan fingerprint density at radius 1 is 1.47 bits per heavy atom. The molecular weight excluding hydrogens is 218 g/mol. The van der Waals surface area contributed by atoms with Crippen LogP contribution in [0.1, 0.15) is 20.8 Å². The summed E-state index contributed by atoms with van der Waals surface area (Å²) in [5.74, 6) is 0.557. The molecule has 0 saturated carbocycles. The van der Waals surface area contributed by atoms with E-state index >= 15 is 0 Å². The molecular formula is C12H21N3O2. The van der Waals surface area contributed by atoms with Crippen molar-refractivity contribution in [3.8, 4) is 0 Å². The average molecular weight is 239 g/mol. The van der Waals surface area contributed by atoms with Gasteiger partial charge in [0.25, 0.3) is 5.56 Å². The Hall–Kier alpha value is -1.36. The summed E-state index contributed by atoms with van der Waals surface area (Å²) in [4.78, 5) is 11.7. The number of hydrogen-bond donors (Lipinski definition) is 2. The van der Waals surface area contributed by atoms with E-state index in [9.17, 15) is 4.79 Å². The molecule has 1 aromatic rings. The lowest BCUT2D eigenvalue weighted by atomic mass is 10.2. The fraction of sp³-hybridized carbons (Fsp3) is 0.667. The lowest BCUT2D eigenvalue weighted by Gasteiger charge is -2.11. The molecule has 17 heavy (non-hydrogen) atoms. The highest BCUT2D eigenvalue weighted by atomic mass is 16.3. The highest BCUT2D eigenvalue weighted by molar-refractivity contribution is 5.38. The minimum atomic E-state index is -0.140. The summed E-state index contributed by atoms with van der Waals surface area (Å²) in [6, 6.07) is 1.54. The van der Waals surface area contributed by atoms with Crippen molar-refractivity contribution < 1.29 is 5.11 Å². The number of nitrogens with one attached hydrogen (secondary N) is 1. The molecule has 1 heterocycles. The van der Waals surface area contributed by atoms with Crippen molar-refractivity contribution >= 4 is 5.69 Å². The Bertz CT molecular complexity index is 401. The summed E-state index contributed by atoms with van der Waals surface area (Å²) in [6.45, 7) is 7.40. The average Bonchev–Trinajstić information content (AvgIpc) is 2.29. The Kier molecular flexibility index (Phi) is 5.15. The quantitative estimate of drug-likeness (QED) is 0.775. The maximum atomic E-state index is 11.7. The second-order valence-electron chi connectivity index (χ2n) is 4.83. The van der Waals surface area contributed by atoms with Gasteiger partial charge in [0.2, 0.25) is 0 Å². The summed E-state index contributed by atoms with van der Waals surface area (Å²) in [6.07, 6.45) is 1.65. The van der Waals surface area contributed by atoms with E-state index in [0.717, 1.165) is 12.2 Å². The van der Waals surface area contributed by atoms with Crippen LogP contribution in [0.4, 0.5) is 5.69 Å². The monoisotopic (exact) mass is 239 g/mol. The minimum Gasteiger partial charge on any atom is -0.396 e. The predicted molar refractivity (Wildman–Crippen MR) is 68.1 cm³/mol. The van der Waals surface area contributed by atoms with Crippen molar-refractivity contribution in [2.75, 3.05) is 18.5 Å². The highest BCUT2D eigenvalue weighted by Crippen LogP contribution is 2.03. The van der Waals surface area contributed by atoms with Crippen molar-refractivity contribution in [2.24, 2.45) is 11.8 Å². The van der Waals surface area contributed by atoms with Crippen LogP contribution in [0.15, 0.2) is 17.1 Å². The van der Waals surface area contributed by atoms with Gasteiger partial charge in [0.05, 0.1) is 11.9 Å². The van der Waals surface area contributed by atoms with Gasteiger partial charge in [0.1, 0.15) is 0 Å². The Balaban J connectivity index is 2.69. The van der Waals surface area contributed by atoms with E-state index in [1.165, 1.54) is 4.68 Å². The van der Waals surface area contributed by atoms with Crippen molar-refractivity contribution in [3.05, 3.63) is 22.6 Å². The molecule has 0 aliphatic carbocycles. The summed E-state index contributed by atoms with van der Waals surface area (Å²) < 4.78 is 1.38. The molecule has 5 nitrogen and oxygen atoms in total. The normalized spacial score (nSPS) is 12.8. The van der Waals surface area contributed by atoms with Gasteiger partial charge in [-0.15, -0.1) is 0 Å². The SMILES string of the molecule is CC(C)CNc1cnn(CC(C)CO)c(=O)c1. The maximum Gasteiger partial charge on any atom is 0.268 e. The number of nitrogens with zero attached hydrogens (tertiary/aromatic N) is 2. The first kappa shape index (κ1) is 13.7. The van der Waals surface area contributed by atoms with E-state index in [1.54, 1.807) is 12.3 Å². The molecule has 0 aromatic carbocycles. The second kappa shape index (κ2) is 6.39. The smallest absolute Gasteiger partial charge is 0.268 e. The van der Waals surface area contributed by atoms with Crippen LogP contribution in [0.25, 0.3) is 0 Å². The molecule has 0 bridgehead atoms. The zero-order valence-corrected chi connectivity index (χ0v) is 10.7. The van der Waals surface area contributed by atoms with Gasteiger partial charge in [-0.1, -0.05) is 20.8 Å². The number of rotatable bonds is 6. The Morgan fingerprint density at radius 2 is 2.18 bits per heavy atom. The van der Waals surface area contributed by atoms with Gasteiger partial charge in [-0.25, -0.2) is 4.68 Å². The third-order valence-corrected chi connectivity index (χ3v) is 2.38. The Labute approximate surface area is 101 Å². The zero-order valence-electron chi connectivity index (χ0n) is 10.7. The largest absolute Gasteiger partial charge is 0.396 e. The highest BCUT2D eigenvalue weighted by Gasteiger charge is 2.05. The first-order valence-electron chi connectivity index (χ1n) is 5.94. The number of aliphatic hydroxyl groups excluding tert-OH is 1. The molecule has 1 unspecified atom stereocenters. The van der Waals surface area contributed by atoms with Crippen LogP contribution in [-0.2, 0) is 6.54 Å². The molecule has 0 amide bonds. The molecule has 0 aliphatic heterocycles. The van der Waals surface area contributed by atoms with Crippen LogP contribution in [-0.4, -0.2) is 28.0 Å². The molecule has 0 spiro atoms. The Morgan fingerprint density at radius 3 is 2.71 bits per heavy atom. The van der Waals surface area contributed by atoms with Gasteiger partial charge >= 0.3 is 0 Å². The predicted octanol–water partition coefficient (Wildman–Crippen LogP) is 0.940. The fourth-order valence-corrected chi connectivity index (χ4v) is 1.34. The molecule has 1 aromatic heterocycles. The van der Waals surface area contributed by atoms with Gasteiger partial charge in [-0.05, 0) is 11.8 Å². The van der Waals surface area contributed by atoms with Crippen molar-refractivity contribution in [2.45, 2.75) is 27.3 Å². The van der Waals surface area contributed by atoms with Crippen LogP contribution in [0, 0.1) is 11.8 Å². The molecule has 2 N–H and O–H groups in total. The van der Waals surface area contributed by atoms with Gasteiger partial charge in [-0.2, -0.15) is 5.10 Å². The van der Waals surface area contributed by atoms with Crippen molar-refractivity contribution in [3.63, 3.8) is 0 Å². The summed E-state index contributed by atoms with van der Waals surface area (Å²) >= 11 is 0. The van der Waals surface area contributed by atoms with E-state index in [0.29, 0.717) is 12.5 Å². The zero-order chi connectivity index (χ0) is 12.8. The van der Waals surface area contributed by atoms with E-state index in [4.69, 9.17) is 5.11 Å². The van der Waals surface area contributed by atoms with Crippen molar-refractivity contribution in [1.29, 1.82) is 0 Å². The lowest BCUT2D eigenvalue weighted by Crippen LogP contribution is -2.26. The fourth-order valence-electron chi connectivity index (χ4n) is 1.34. The van der Waals surface area contributed by atoms with Gasteiger partial charge < -0.3 is 10.4 Å². The van der Waals surface area contributed by atoms with E-state index < -0.39 is 0 Å². The van der Waals surface area contributed by atoms with Crippen LogP contribution in [0.5, 0.6) is 0 Å². The van der Waals surface area contributed by atoms with Crippen LogP contribution in [0.2, 0.25) is 0 Å². The number of aliphatic hydroxyl groups is 1. The van der Waals surface area contributed by atoms with E-state index in [1.807, 2.05) is 6.92 Å². The third-order valence-electron chi connectivity index (χ3n) is 2.38. The second-order valence-corrected chi connectivity index (χ2v) is 4.83. The van der Waals surface area contributed by atoms with Crippen molar-refractivity contribution in [1.82, 2.24) is 9.78 Å². The summed E-state index contributed by atoms with van der Waals surface area (Å²) in [7, 11) is 0. The van der Waals surface area contributed by atoms with Crippen LogP contribution < -0.4 is 10.9 Å². The molecule has 5 heteroatoms. The maximum absolute atomic E-state index is 11.7. The van der Waals surface area contributed by atoms with Gasteiger partial charge in [0, 0.05) is 25.8 Å². The van der Waals surface area contributed by atoms with Gasteiger partial charge in [0.15, 0.2) is 0 Å². The molecule has 96 valence electrons. The van der Waals surface area contributed by atoms with E-state index in [-0.39, 0.29) is 18.1 Å². The lowest BCUT2D eigenvalue weighted by molar-refractivity contribution is 0.217. The third kappa shape index (κ3) is 4.56. The molecule has 0 fully saturated rings. The standard InChI is InChI=1S/C12H21N3O2/c1-9(2)5-13-11-4-12(17)15(14-6-11)7-10(3)8-16/h4,6,9-10,13,16H,5,7-8H2,1-3H3.